The van der Waals surface area contributed by atoms with Gasteiger partial charge >= 0.3 is 0 Å². The zero-order chi connectivity index (χ0) is 17.0. The molecule has 1 aliphatic rings. The summed E-state index contributed by atoms with van der Waals surface area (Å²) in [5.74, 6) is 0.935. The van der Waals surface area contributed by atoms with E-state index in [1.54, 1.807) is 24.0 Å². The minimum absolute atomic E-state index is 0.0260. The molecule has 0 bridgehead atoms. The summed E-state index contributed by atoms with van der Waals surface area (Å²) >= 11 is 0. The number of rotatable bonds is 6. The van der Waals surface area contributed by atoms with Gasteiger partial charge in [-0.3, -0.25) is 4.79 Å². The van der Waals surface area contributed by atoms with Gasteiger partial charge in [-0.15, -0.1) is 6.58 Å². The molecule has 0 saturated carbocycles. The molecule has 0 aromatic carbocycles. The van der Waals surface area contributed by atoms with Crippen molar-refractivity contribution in [2.45, 2.75) is 26.3 Å². The molecule has 23 heavy (non-hydrogen) atoms. The Balaban J connectivity index is 2.23. The second kappa shape index (κ2) is 7.08. The Labute approximate surface area is 136 Å². The standard InChI is InChI=1S/C15H22N4O3S/c1-4-7-16-14-9-13(17-11(3)18-14)15(20)19(5-2)12-6-8-23(21,22)10-12/h4,9,12H,1,5-8,10H2,2-3H3,(H,16,17,18). The van der Waals surface area contributed by atoms with E-state index in [-0.39, 0.29) is 29.1 Å². The van der Waals surface area contributed by atoms with Gasteiger partial charge in [0.1, 0.15) is 17.3 Å². The van der Waals surface area contributed by atoms with Crippen molar-refractivity contribution in [1.29, 1.82) is 0 Å². The first kappa shape index (κ1) is 17.4. The maximum Gasteiger partial charge on any atom is 0.272 e. The van der Waals surface area contributed by atoms with Crippen LogP contribution in [0.2, 0.25) is 0 Å². The number of hydrogen-bond acceptors (Lipinski definition) is 6. The number of aryl methyl sites for hydroxylation is 1. The highest BCUT2D eigenvalue weighted by Gasteiger charge is 2.34. The molecule has 1 amide bonds. The van der Waals surface area contributed by atoms with Gasteiger partial charge in [-0.25, -0.2) is 18.4 Å². The van der Waals surface area contributed by atoms with Gasteiger partial charge in [0.05, 0.1) is 11.5 Å². The number of sulfone groups is 1. The zero-order valence-corrected chi connectivity index (χ0v) is 14.3. The maximum absolute atomic E-state index is 12.7. The molecule has 2 rings (SSSR count). The predicted molar refractivity (Wildman–Crippen MR) is 89.2 cm³/mol. The fraction of sp³-hybridized carbons (Fsp3) is 0.533. The van der Waals surface area contributed by atoms with Gasteiger partial charge in [0, 0.05) is 25.2 Å². The zero-order valence-electron chi connectivity index (χ0n) is 13.4. The number of carbonyl (C=O) groups is 1. The Hall–Kier alpha value is -1.96. The average Bonchev–Trinajstić information content (AvgIpc) is 2.85. The van der Waals surface area contributed by atoms with Crippen LogP contribution in [0.3, 0.4) is 0 Å². The molecule has 1 aromatic heterocycles. The molecule has 1 unspecified atom stereocenters. The minimum atomic E-state index is -3.04. The molecular weight excluding hydrogens is 316 g/mol. The predicted octanol–water partition coefficient (Wildman–Crippen LogP) is 1.03. The number of amides is 1. The van der Waals surface area contributed by atoms with Crippen molar-refractivity contribution in [3.05, 3.63) is 30.2 Å². The van der Waals surface area contributed by atoms with Crippen LogP contribution >= 0.6 is 0 Å². The second-order valence-corrected chi connectivity index (χ2v) is 7.73. The second-order valence-electron chi connectivity index (χ2n) is 5.50. The van der Waals surface area contributed by atoms with Crippen molar-refractivity contribution in [2.24, 2.45) is 0 Å². The lowest BCUT2D eigenvalue weighted by Gasteiger charge is -2.26. The molecule has 2 heterocycles. The fourth-order valence-corrected chi connectivity index (χ4v) is 4.41. The molecule has 1 N–H and O–H groups in total. The number of anilines is 1. The van der Waals surface area contributed by atoms with Crippen LogP contribution in [0.1, 0.15) is 29.7 Å². The third-order valence-corrected chi connectivity index (χ3v) is 5.49. The topological polar surface area (TPSA) is 92.3 Å². The first-order valence-corrected chi connectivity index (χ1v) is 9.40. The molecule has 0 aliphatic carbocycles. The lowest BCUT2D eigenvalue weighted by molar-refractivity contribution is 0.0702. The van der Waals surface area contributed by atoms with Gasteiger partial charge in [-0.1, -0.05) is 6.08 Å². The van der Waals surface area contributed by atoms with E-state index in [0.29, 0.717) is 31.2 Å². The lowest BCUT2D eigenvalue weighted by atomic mass is 10.2. The van der Waals surface area contributed by atoms with Crippen LogP contribution in [0.15, 0.2) is 18.7 Å². The molecule has 1 saturated heterocycles. The number of aromatic nitrogens is 2. The summed E-state index contributed by atoms with van der Waals surface area (Å²) in [5.41, 5.74) is 0.273. The molecule has 126 valence electrons. The van der Waals surface area contributed by atoms with E-state index in [2.05, 4.69) is 21.9 Å². The number of carbonyl (C=O) groups excluding carboxylic acids is 1. The summed E-state index contributed by atoms with van der Waals surface area (Å²) in [6.45, 7) is 8.15. The molecule has 0 radical (unpaired) electrons. The molecule has 0 spiro atoms. The molecule has 1 aromatic rings. The van der Waals surface area contributed by atoms with Crippen molar-refractivity contribution in [2.75, 3.05) is 29.9 Å². The van der Waals surface area contributed by atoms with E-state index in [1.165, 1.54) is 0 Å². The highest BCUT2D eigenvalue weighted by atomic mass is 32.2. The van der Waals surface area contributed by atoms with Gasteiger partial charge in [-0.05, 0) is 20.3 Å². The first-order valence-electron chi connectivity index (χ1n) is 7.58. The quantitative estimate of drug-likeness (QED) is 0.779. The smallest absolute Gasteiger partial charge is 0.272 e. The van der Waals surface area contributed by atoms with E-state index < -0.39 is 9.84 Å². The monoisotopic (exact) mass is 338 g/mol. The lowest BCUT2D eigenvalue weighted by Crippen LogP contribution is -2.41. The van der Waals surface area contributed by atoms with Gasteiger partial charge in [-0.2, -0.15) is 0 Å². The van der Waals surface area contributed by atoms with Gasteiger partial charge < -0.3 is 10.2 Å². The molecule has 7 nitrogen and oxygen atoms in total. The third kappa shape index (κ3) is 4.28. The average molecular weight is 338 g/mol. The number of nitrogens with one attached hydrogen (secondary N) is 1. The maximum atomic E-state index is 12.7. The molecule has 1 atom stereocenters. The van der Waals surface area contributed by atoms with Crippen LogP contribution in [-0.2, 0) is 9.84 Å². The van der Waals surface area contributed by atoms with Crippen LogP contribution in [-0.4, -0.2) is 59.8 Å². The Bertz CT molecular complexity index is 703. The molecular formula is C15H22N4O3S. The van der Waals surface area contributed by atoms with Crippen LogP contribution in [0.25, 0.3) is 0 Å². The van der Waals surface area contributed by atoms with E-state index >= 15 is 0 Å². The van der Waals surface area contributed by atoms with Gasteiger partial charge in [0.2, 0.25) is 0 Å². The van der Waals surface area contributed by atoms with E-state index in [1.807, 2.05) is 6.92 Å². The third-order valence-electron chi connectivity index (χ3n) is 3.74. The minimum Gasteiger partial charge on any atom is -0.366 e. The van der Waals surface area contributed by atoms with Crippen LogP contribution in [0.5, 0.6) is 0 Å². The molecule has 8 heteroatoms. The summed E-state index contributed by atoms with van der Waals surface area (Å²) in [6.07, 6.45) is 2.17. The van der Waals surface area contributed by atoms with Crippen LogP contribution in [0, 0.1) is 6.92 Å². The normalized spacial score (nSPS) is 19.3. The molecule has 1 aliphatic heterocycles. The number of hydrogen-bond donors (Lipinski definition) is 1. The van der Waals surface area contributed by atoms with E-state index in [0.717, 1.165) is 0 Å². The van der Waals surface area contributed by atoms with E-state index in [4.69, 9.17) is 0 Å². The SMILES string of the molecule is C=CCNc1cc(C(=O)N(CC)C2CCS(=O)(=O)C2)nc(C)n1. The van der Waals surface area contributed by atoms with Gasteiger partial charge in [0.25, 0.3) is 5.91 Å². The van der Waals surface area contributed by atoms with Crippen molar-refractivity contribution < 1.29 is 13.2 Å². The van der Waals surface area contributed by atoms with Crippen molar-refractivity contribution in [3.8, 4) is 0 Å². The Morgan fingerprint density at radius 3 is 2.83 bits per heavy atom. The van der Waals surface area contributed by atoms with Crippen LogP contribution in [0.4, 0.5) is 5.82 Å². The molecule has 1 fully saturated rings. The summed E-state index contributed by atoms with van der Waals surface area (Å²) < 4.78 is 23.3. The summed E-state index contributed by atoms with van der Waals surface area (Å²) in [5, 5.41) is 3.03. The number of nitrogens with zero attached hydrogens (tertiary/aromatic N) is 3. The largest absolute Gasteiger partial charge is 0.366 e. The van der Waals surface area contributed by atoms with E-state index in [9.17, 15) is 13.2 Å². The highest BCUT2D eigenvalue weighted by Crippen LogP contribution is 2.20. The fourth-order valence-electron chi connectivity index (χ4n) is 2.68. The van der Waals surface area contributed by atoms with Gasteiger partial charge in [0.15, 0.2) is 9.84 Å². The summed E-state index contributed by atoms with van der Waals surface area (Å²) in [7, 11) is -3.04. The Kier molecular flexibility index (Phi) is 5.35. The Morgan fingerprint density at radius 1 is 1.52 bits per heavy atom. The first-order chi connectivity index (χ1) is 10.9. The highest BCUT2D eigenvalue weighted by molar-refractivity contribution is 7.91. The van der Waals surface area contributed by atoms with Crippen LogP contribution < -0.4 is 5.32 Å². The van der Waals surface area contributed by atoms with Crippen molar-refractivity contribution in [3.63, 3.8) is 0 Å². The summed E-state index contributed by atoms with van der Waals surface area (Å²) in [6, 6.07) is 1.31. The summed E-state index contributed by atoms with van der Waals surface area (Å²) in [4.78, 5) is 22.8. The Morgan fingerprint density at radius 2 is 2.26 bits per heavy atom. The van der Waals surface area contributed by atoms with Crippen molar-refractivity contribution >= 4 is 21.6 Å². The van der Waals surface area contributed by atoms with Crippen molar-refractivity contribution in [1.82, 2.24) is 14.9 Å².